The number of nitrogens with one attached hydrogen (secondary N) is 2. The van der Waals surface area contributed by atoms with Crippen molar-refractivity contribution in [1.82, 2.24) is 15.2 Å². The molecule has 5 rings (SSSR count). The number of carbonyl (C=O) groups excluding carboxylic acids is 1. The van der Waals surface area contributed by atoms with Gasteiger partial charge in [0.25, 0.3) is 0 Å². The van der Waals surface area contributed by atoms with Crippen molar-refractivity contribution >= 4 is 33.6 Å². The molecule has 0 saturated carbocycles. The van der Waals surface area contributed by atoms with E-state index in [2.05, 4.69) is 21.2 Å². The van der Waals surface area contributed by atoms with Gasteiger partial charge in [0, 0.05) is 22.0 Å². The number of anilines is 1. The largest absolute Gasteiger partial charge is 0.447 e. The fraction of sp³-hybridized carbons (Fsp3) is 0.158. The van der Waals surface area contributed by atoms with Gasteiger partial charge >= 0.3 is 6.09 Å². The van der Waals surface area contributed by atoms with Gasteiger partial charge in [-0.15, -0.1) is 0 Å². The molecule has 7 heteroatoms. The zero-order chi connectivity index (χ0) is 17.7. The molecule has 3 heterocycles. The molecule has 2 aromatic heterocycles. The molecule has 7 nitrogen and oxygen atoms in total. The highest BCUT2D eigenvalue weighted by molar-refractivity contribution is 5.99. The minimum Gasteiger partial charge on any atom is -0.447 e. The quantitative estimate of drug-likeness (QED) is 0.530. The number of rotatable bonds is 3. The minimum absolute atomic E-state index is 0.149. The molecular weight excluding hydrogens is 332 g/mol. The Morgan fingerprint density at radius 1 is 1.19 bits per heavy atom. The number of benzene rings is 2. The van der Waals surface area contributed by atoms with Gasteiger partial charge in [-0.3, -0.25) is 10.00 Å². The smallest absolute Gasteiger partial charge is 0.414 e. The Bertz CT molecular complexity index is 1100. The number of aromatic nitrogens is 3. The monoisotopic (exact) mass is 348 g/mol. The summed E-state index contributed by atoms with van der Waals surface area (Å²) in [5, 5.41) is 19.0. The van der Waals surface area contributed by atoms with Crippen LogP contribution in [0.1, 0.15) is 0 Å². The van der Waals surface area contributed by atoms with E-state index in [-0.39, 0.29) is 19.3 Å². The Kier molecular flexibility index (Phi) is 3.23. The summed E-state index contributed by atoms with van der Waals surface area (Å²) in [6.07, 6.45) is -0.445. The number of aromatic amines is 2. The maximum atomic E-state index is 12.1. The van der Waals surface area contributed by atoms with Crippen LogP contribution in [0.3, 0.4) is 0 Å². The predicted molar refractivity (Wildman–Crippen MR) is 98.1 cm³/mol. The van der Waals surface area contributed by atoms with Crippen molar-refractivity contribution in [1.29, 1.82) is 0 Å². The third kappa shape index (κ3) is 2.18. The van der Waals surface area contributed by atoms with Gasteiger partial charge < -0.3 is 14.8 Å². The summed E-state index contributed by atoms with van der Waals surface area (Å²) in [7, 11) is 0. The van der Waals surface area contributed by atoms with E-state index in [1.807, 2.05) is 42.5 Å². The third-order valence-electron chi connectivity index (χ3n) is 4.78. The summed E-state index contributed by atoms with van der Waals surface area (Å²) in [4.78, 5) is 16.9. The summed E-state index contributed by atoms with van der Waals surface area (Å²) >= 11 is 0. The lowest BCUT2D eigenvalue weighted by Crippen LogP contribution is -2.35. The van der Waals surface area contributed by atoms with Crippen LogP contribution in [0.25, 0.3) is 33.2 Å². The summed E-state index contributed by atoms with van der Waals surface area (Å²) in [5.41, 5.74) is 4.27. The molecule has 1 unspecified atom stereocenters. The Morgan fingerprint density at radius 3 is 2.92 bits per heavy atom. The molecular formula is C19H16N4O3. The van der Waals surface area contributed by atoms with Gasteiger partial charge in [0.15, 0.2) is 0 Å². The van der Waals surface area contributed by atoms with Crippen molar-refractivity contribution in [2.75, 3.05) is 18.1 Å². The first-order valence-corrected chi connectivity index (χ1v) is 8.38. The van der Waals surface area contributed by atoms with Crippen molar-refractivity contribution < 1.29 is 14.6 Å². The molecule has 0 bridgehead atoms. The number of amides is 1. The molecule has 130 valence electrons. The van der Waals surface area contributed by atoms with Crippen molar-refractivity contribution in [3.05, 3.63) is 48.5 Å². The van der Waals surface area contributed by atoms with Gasteiger partial charge in [0.2, 0.25) is 0 Å². The van der Waals surface area contributed by atoms with Gasteiger partial charge in [-0.05, 0) is 30.3 Å². The van der Waals surface area contributed by atoms with Gasteiger partial charge in [-0.1, -0.05) is 18.2 Å². The lowest BCUT2D eigenvalue weighted by molar-refractivity contribution is 0.174. The number of aliphatic hydroxyl groups excluding tert-OH is 1. The molecule has 1 atom stereocenters. The standard InChI is InChI=1S/C19H16N4O3/c24-9-13-10-26-19(25)23(13)12-5-6-16-14(8-12)18(22-21-16)17-7-11-3-1-2-4-15(11)20-17/h1-8,13,20,24H,9-10H2,(H,21,22). The van der Waals surface area contributed by atoms with Crippen LogP contribution < -0.4 is 4.90 Å². The van der Waals surface area contributed by atoms with Crippen LogP contribution in [0.5, 0.6) is 0 Å². The second-order valence-electron chi connectivity index (χ2n) is 6.36. The zero-order valence-corrected chi connectivity index (χ0v) is 13.8. The maximum absolute atomic E-state index is 12.1. The van der Waals surface area contributed by atoms with Crippen LogP contribution >= 0.6 is 0 Å². The van der Waals surface area contributed by atoms with E-state index in [1.165, 1.54) is 4.90 Å². The lowest BCUT2D eigenvalue weighted by Gasteiger charge is -2.19. The molecule has 3 N–H and O–H groups in total. The first-order chi connectivity index (χ1) is 12.7. The Morgan fingerprint density at radius 2 is 2.08 bits per heavy atom. The van der Waals surface area contributed by atoms with Crippen molar-refractivity contribution in [2.45, 2.75) is 6.04 Å². The first kappa shape index (κ1) is 15.0. The normalized spacial score (nSPS) is 17.3. The van der Waals surface area contributed by atoms with E-state index in [0.29, 0.717) is 5.69 Å². The third-order valence-corrected chi connectivity index (χ3v) is 4.78. The van der Waals surface area contributed by atoms with E-state index < -0.39 is 6.09 Å². The molecule has 4 aromatic rings. The maximum Gasteiger partial charge on any atom is 0.414 e. The Hall–Kier alpha value is -3.32. The van der Waals surface area contributed by atoms with Gasteiger partial charge in [-0.2, -0.15) is 5.10 Å². The van der Waals surface area contributed by atoms with Crippen LogP contribution in [0.15, 0.2) is 48.5 Å². The van der Waals surface area contributed by atoms with E-state index in [4.69, 9.17) is 4.74 Å². The van der Waals surface area contributed by atoms with Gasteiger partial charge in [0.05, 0.1) is 23.9 Å². The number of ether oxygens (including phenoxy) is 1. The molecule has 2 aromatic carbocycles. The van der Waals surface area contributed by atoms with E-state index in [1.54, 1.807) is 0 Å². The molecule has 0 spiro atoms. The highest BCUT2D eigenvalue weighted by Crippen LogP contribution is 2.32. The number of hydrogen-bond donors (Lipinski definition) is 3. The average molecular weight is 348 g/mol. The second-order valence-corrected chi connectivity index (χ2v) is 6.36. The number of carbonyl (C=O) groups is 1. The predicted octanol–water partition coefficient (Wildman–Crippen LogP) is 3.03. The van der Waals surface area contributed by atoms with Crippen LogP contribution in [0.4, 0.5) is 10.5 Å². The van der Waals surface area contributed by atoms with E-state index >= 15 is 0 Å². The molecule has 26 heavy (non-hydrogen) atoms. The number of nitrogens with zero attached hydrogens (tertiary/aromatic N) is 2. The molecule has 0 aliphatic carbocycles. The van der Waals surface area contributed by atoms with Gasteiger partial charge in [-0.25, -0.2) is 4.79 Å². The molecule has 1 aliphatic rings. The van der Waals surface area contributed by atoms with Crippen molar-refractivity contribution in [2.24, 2.45) is 0 Å². The number of H-pyrrole nitrogens is 2. The second kappa shape index (κ2) is 5.60. The van der Waals surface area contributed by atoms with Crippen LogP contribution in [0, 0.1) is 0 Å². The summed E-state index contributed by atoms with van der Waals surface area (Å²) in [5.74, 6) is 0. The SMILES string of the molecule is O=C1OCC(CO)N1c1ccc2[nH]nc(-c3cc4ccccc4[nH]3)c2c1. The number of fused-ring (bicyclic) bond motifs is 2. The van der Waals surface area contributed by atoms with Crippen LogP contribution in [0.2, 0.25) is 0 Å². The summed E-state index contributed by atoms with van der Waals surface area (Å²) in [6, 6.07) is 15.3. The van der Waals surface area contributed by atoms with E-state index in [0.717, 1.165) is 33.2 Å². The Balaban J connectivity index is 1.64. The minimum atomic E-state index is -0.445. The average Bonchev–Trinajstić information content (AvgIpc) is 3.36. The van der Waals surface area contributed by atoms with Crippen molar-refractivity contribution in [3.8, 4) is 11.4 Å². The fourth-order valence-electron chi connectivity index (χ4n) is 3.47. The number of para-hydroxylation sites is 1. The van der Waals surface area contributed by atoms with Crippen LogP contribution in [-0.4, -0.2) is 45.6 Å². The summed E-state index contributed by atoms with van der Waals surface area (Å²) < 4.78 is 5.07. The topological polar surface area (TPSA) is 94.2 Å². The molecule has 1 aliphatic heterocycles. The highest BCUT2D eigenvalue weighted by atomic mass is 16.6. The number of cyclic esters (lactones) is 1. The molecule has 1 saturated heterocycles. The van der Waals surface area contributed by atoms with Crippen LogP contribution in [-0.2, 0) is 4.74 Å². The van der Waals surface area contributed by atoms with Gasteiger partial charge in [0.1, 0.15) is 12.3 Å². The highest BCUT2D eigenvalue weighted by Gasteiger charge is 2.34. The Labute approximate surface area is 148 Å². The van der Waals surface area contributed by atoms with E-state index in [9.17, 15) is 9.90 Å². The number of hydrogen-bond acceptors (Lipinski definition) is 4. The molecule has 1 amide bonds. The number of aliphatic hydroxyl groups is 1. The first-order valence-electron chi connectivity index (χ1n) is 8.38. The molecule has 1 fully saturated rings. The lowest BCUT2D eigenvalue weighted by atomic mass is 10.1. The fourth-order valence-corrected chi connectivity index (χ4v) is 3.47. The molecule has 0 radical (unpaired) electrons. The summed E-state index contributed by atoms with van der Waals surface area (Å²) in [6.45, 7) is 0.0394. The zero-order valence-electron chi connectivity index (χ0n) is 13.8. The van der Waals surface area contributed by atoms with Crippen molar-refractivity contribution in [3.63, 3.8) is 0 Å².